The number of esters is 1. The number of halogens is 1. The van der Waals surface area contributed by atoms with Crippen LogP contribution in [0.2, 0.25) is 0 Å². The summed E-state index contributed by atoms with van der Waals surface area (Å²) < 4.78 is 8.72. The summed E-state index contributed by atoms with van der Waals surface area (Å²) in [6, 6.07) is 1.62. The molecule has 1 amide bonds. The lowest BCUT2D eigenvalue weighted by Crippen LogP contribution is -2.20. The van der Waals surface area contributed by atoms with Crippen molar-refractivity contribution >= 4 is 40.3 Å². The molecule has 0 saturated heterocycles. The van der Waals surface area contributed by atoms with Gasteiger partial charge in [0.05, 0.1) is 16.4 Å². The number of aromatic nitrogens is 4. The van der Waals surface area contributed by atoms with Crippen molar-refractivity contribution in [2.75, 3.05) is 11.9 Å². The first-order valence-electron chi connectivity index (χ1n) is 6.23. The van der Waals surface area contributed by atoms with Gasteiger partial charge in [-0.25, -0.2) is 0 Å². The van der Waals surface area contributed by atoms with Gasteiger partial charge in [0.2, 0.25) is 5.91 Å². The number of carbonyl (C=O) groups is 2. The largest absolute Gasteiger partial charge is 0.465 e. The van der Waals surface area contributed by atoms with Crippen molar-refractivity contribution in [3.05, 3.63) is 28.2 Å². The van der Waals surface area contributed by atoms with Gasteiger partial charge < -0.3 is 10.1 Å². The Kier molecular flexibility index (Phi) is 5.31. The molecule has 0 saturated carbocycles. The van der Waals surface area contributed by atoms with Crippen LogP contribution in [0.5, 0.6) is 0 Å². The molecule has 2 aromatic heterocycles. The number of rotatable bonds is 6. The second-order valence-electron chi connectivity index (χ2n) is 4.11. The molecule has 0 bridgehead atoms. The highest BCUT2D eigenvalue weighted by Crippen LogP contribution is 2.04. The van der Waals surface area contributed by atoms with Gasteiger partial charge in [0.15, 0.2) is 5.82 Å². The van der Waals surface area contributed by atoms with E-state index in [1.54, 1.807) is 31.6 Å². The van der Waals surface area contributed by atoms with Crippen LogP contribution in [0, 0.1) is 3.57 Å². The van der Waals surface area contributed by atoms with Crippen LogP contribution < -0.4 is 5.32 Å². The smallest absolute Gasteiger partial charge is 0.327 e. The van der Waals surface area contributed by atoms with Crippen LogP contribution in [0.25, 0.3) is 0 Å². The molecule has 0 aliphatic carbocycles. The van der Waals surface area contributed by atoms with Gasteiger partial charge in [-0.1, -0.05) is 0 Å². The minimum atomic E-state index is -0.371. The molecule has 112 valence electrons. The predicted octanol–water partition coefficient (Wildman–Crippen LogP) is 0.886. The summed E-state index contributed by atoms with van der Waals surface area (Å²) in [6.45, 7) is 2.18. The Balaban J connectivity index is 1.87. The van der Waals surface area contributed by atoms with E-state index in [0.717, 1.165) is 3.57 Å². The molecule has 0 radical (unpaired) electrons. The lowest BCUT2D eigenvalue weighted by molar-refractivity contribution is -0.144. The third-order valence-corrected chi connectivity index (χ3v) is 2.97. The lowest BCUT2D eigenvalue weighted by atomic mass is 10.5. The number of ether oxygens (including phenoxy) is 1. The molecule has 2 heterocycles. The Morgan fingerprint density at radius 3 is 2.86 bits per heavy atom. The predicted molar refractivity (Wildman–Crippen MR) is 82.4 cm³/mol. The summed E-state index contributed by atoms with van der Waals surface area (Å²) in [6.07, 6.45) is 5.03. The van der Waals surface area contributed by atoms with E-state index in [4.69, 9.17) is 4.74 Å². The quantitative estimate of drug-likeness (QED) is 0.572. The first-order chi connectivity index (χ1) is 10.1. The third-order valence-electron chi connectivity index (χ3n) is 2.41. The van der Waals surface area contributed by atoms with Crippen molar-refractivity contribution in [1.29, 1.82) is 0 Å². The fourth-order valence-corrected chi connectivity index (χ4v) is 2.06. The molecule has 1 N–H and O–H groups in total. The molecular formula is C12H14IN5O3. The zero-order valence-corrected chi connectivity index (χ0v) is 13.5. The average molecular weight is 403 g/mol. The van der Waals surface area contributed by atoms with E-state index in [2.05, 4.69) is 38.1 Å². The van der Waals surface area contributed by atoms with E-state index in [1.807, 2.05) is 0 Å². The molecule has 0 spiro atoms. The van der Waals surface area contributed by atoms with Crippen molar-refractivity contribution in [2.45, 2.75) is 20.0 Å². The van der Waals surface area contributed by atoms with Gasteiger partial charge in [0.1, 0.15) is 13.1 Å². The maximum Gasteiger partial charge on any atom is 0.327 e. The van der Waals surface area contributed by atoms with E-state index in [9.17, 15) is 9.59 Å². The zero-order valence-electron chi connectivity index (χ0n) is 11.3. The lowest BCUT2D eigenvalue weighted by Gasteiger charge is -2.03. The Labute approximate surface area is 134 Å². The molecule has 0 aliphatic heterocycles. The first kappa shape index (κ1) is 15.5. The van der Waals surface area contributed by atoms with Gasteiger partial charge in [0.25, 0.3) is 0 Å². The summed E-state index contributed by atoms with van der Waals surface area (Å²) in [5.74, 6) is -0.230. The molecule has 2 rings (SSSR count). The van der Waals surface area contributed by atoms with Crippen molar-refractivity contribution < 1.29 is 14.3 Å². The number of carbonyl (C=O) groups excluding carboxylic acids is 2. The second kappa shape index (κ2) is 7.20. The Morgan fingerprint density at radius 2 is 2.19 bits per heavy atom. The molecule has 0 atom stereocenters. The van der Waals surface area contributed by atoms with Gasteiger partial charge in [-0.05, 0) is 29.5 Å². The Bertz CT molecular complexity index is 636. The molecular weight excluding hydrogens is 389 g/mol. The molecule has 9 heteroatoms. The number of amides is 1. The van der Waals surface area contributed by atoms with E-state index >= 15 is 0 Å². The zero-order chi connectivity index (χ0) is 15.2. The molecule has 8 nitrogen and oxygen atoms in total. The summed E-state index contributed by atoms with van der Waals surface area (Å²) in [5, 5.41) is 10.7. The number of hydrogen-bond donors (Lipinski definition) is 1. The maximum atomic E-state index is 11.8. The van der Waals surface area contributed by atoms with Crippen LogP contribution >= 0.6 is 22.6 Å². The van der Waals surface area contributed by atoms with E-state index in [-0.39, 0.29) is 25.0 Å². The van der Waals surface area contributed by atoms with Crippen molar-refractivity contribution in [3.63, 3.8) is 0 Å². The van der Waals surface area contributed by atoms with Crippen molar-refractivity contribution in [2.24, 2.45) is 0 Å². The highest BCUT2D eigenvalue weighted by molar-refractivity contribution is 14.1. The van der Waals surface area contributed by atoms with Crippen LogP contribution in [0.1, 0.15) is 6.92 Å². The van der Waals surface area contributed by atoms with Crippen molar-refractivity contribution in [3.8, 4) is 0 Å². The molecule has 21 heavy (non-hydrogen) atoms. The normalized spacial score (nSPS) is 10.4. The van der Waals surface area contributed by atoms with Gasteiger partial charge in [-0.2, -0.15) is 10.2 Å². The second-order valence-corrected chi connectivity index (χ2v) is 5.35. The highest BCUT2D eigenvalue weighted by atomic mass is 127. The summed E-state index contributed by atoms with van der Waals surface area (Å²) in [7, 11) is 0. The summed E-state index contributed by atoms with van der Waals surface area (Å²) >= 11 is 2.12. The van der Waals surface area contributed by atoms with Crippen LogP contribution in [-0.2, 0) is 27.4 Å². The van der Waals surface area contributed by atoms with E-state index < -0.39 is 0 Å². The molecule has 0 unspecified atom stereocenters. The number of nitrogens with one attached hydrogen (secondary N) is 1. The van der Waals surface area contributed by atoms with Crippen molar-refractivity contribution in [1.82, 2.24) is 19.6 Å². The summed E-state index contributed by atoms with van der Waals surface area (Å²) in [5.41, 5.74) is 0. The monoisotopic (exact) mass is 403 g/mol. The topological polar surface area (TPSA) is 91.0 Å². The molecule has 0 aromatic carbocycles. The van der Waals surface area contributed by atoms with Gasteiger partial charge in [0, 0.05) is 18.5 Å². The van der Waals surface area contributed by atoms with Gasteiger partial charge in [-0.15, -0.1) is 0 Å². The molecule has 2 aromatic rings. The number of hydrogen-bond acceptors (Lipinski definition) is 5. The molecule has 0 aliphatic rings. The van der Waals surface area contributed by atoms with Gasteiger partial charge in [-0.3, -0.25) is 19.0 Å². The fourth-order valence-electron chi connectivity index (χ4n) is 1.61. The van der Waals surface area contributed by atoms with Crippen LogP contribution in [0.3, 0.4) is 0 Å². The van der Waals surface area contributed by atoms with Crippen LogP contribution in [0.4, 0.5) is 5.82 Å². The summed E-state index contributed by atoms with van der Waals surface area (Å²) in [4.78, 5) is 23.1. The standard InChI is InChI=1S/C12H14IN5O3/c1-2-21-12(20)8-17-4-3-10(16-17)15-11(19)7-18-6-9(13)5-14-18/h3-6H,2,7-8H2,1H3,(H,15,16,19). The SMILES string of the molecule is CCOC(=O)Cn1ccc(NC(=O)Cn2cc(I)cn2)n1. The first-order valence-corrected chi connectivity index (χ1v) is 7.31. The Morgan fingerprint density at radius 1 is 1.38 bits per heavy atom. The minimum absolute atomic E-state index is 0.0149. The van der Waals surface area contributed by atoms with Gasteiger partial charge >= 0.3 is 5.97 Å². The highest BCUT2D eigenvalue weighted by Gasteiger charge is 2.09. The van der Waals surface area contributed by atoms with E-state index in [0.29, 0.717) is 12.4 Å². The van der Waals surface area contributed by atoms with Crippen LogP contribution in [0.15, 0.2) is 24.7 Å². The Hall–Kier alpha value is -1.91. The van der Waals surface area contributed by atoms with E-state index in [1.165, 1.54) is 9.36 Å². The maximum absolute atomic E-state index is 11.8. The van der Waals surface area contributed by atoms with Crippen LogP contribution in [-0.4, -0.2) is 38.0 Å². The molecule has 0 fully saturated rings. The minimum Gasteiger partial charge on any atom is -0.465 e. The fraction of sp³-hybridized carbons (Fsp3) is 0.333. The average Bonchev–Trinajstić information content (AvgIpc) is 2.99. The number of nitrogens with zero attached hydrogens (tertiary/aromatic N) is 4. The third kappa shape index (κ3) is 4.85. The number of anilines is 1.